The molecule has 0 amide bonds. The lowest BCUT2D eigenvalue weighted by atomic mass is 9.78. The Balaban J connectivity index is 1.57. The fraction of sp³-hybridized carbons (Fsp3) is 0.310. The van der Waals surface area contributed by atoms with E-state index in [1.807, 2.05) is 54.6 Å². The molecular weight excluding hydrogens is 380 g/mol. The molecule has 0 saturated heterocycles. The van der Waals surface area contributed by atoms with Crippen LogP contribution in [0.4, 0.5) is 0 Å². The molecule has 31 heavy (non-hydrogen) atoms. The molecule has 3 aromatic carbocycles. The van der Waals surface area contributed by atoms with Gasteiger partial charge in [0.2, 0.25) is 0 Å². The zero-order valence-electron chi connectivity index (χ0n) is 18.6. The van der Waals surface area contributed by atoms with Crippen LogP contribution in [-0.2, 0) is 11.8 Å². The van der Waals surface area contributed by atoms with Crippen LogP contribution in [0.3, 0.4) is 0 Å². The highest BCUT2D eigenvalue weighted by atomic mass is 16.5. The van der Waals surface area contributed by atoms with Crippen molar-refractivity contribution in [3.63, 3.8) is 0 Å². The molecule has 0 aromatic heterocycles. The molecule has 0 bridgehead atoms. The van der Waals surface area contributed by atoms with Crippen LogP contribution < -0.4 is 9.47 Å². The van der Waals surface area contributed by atoms with Crippen LogP contribution in [0.1, 0.15) is 50.7 Å². The topological polar surface area (TPSA) is 18.5 Å². The maximum atomic E-state index is 5.96. The van der Waals surface area contributed by atoms with E-state index in [0.29, 0.717) is 0 Å². The first-order valence-corrected chi connectivity index (χ1v) is 11.2. The first-order valence-electron chi connectivity index (χ1n) is 11.2. The third kappa shape index (κ3) is 6.66. The highest BCUT2D eigenvalue weighted by Gasteiger charge is 2.23. The Hall–Kier alpha value is -3.18. The van der Waals surface area contributed by atoms with Gasteiger partial charge in [-0.2, -0.15) is 0 Å². The van der Waals surface area contributed by atoms with E-state index in [2.05, 4.69) is 44.0 Å². The van der Waals surface area contributed by atoms with Crippen LogP contribution in [0.2, 0.25) is 0 Å². The minimum absolute atomic E-state index is 0.292. The summed E-state index contributed by atoms with van der Waals surface area (Å²) in [7, 11) is 0. The van der Waals surface area contributed by atoms with E-state index in [-0.39, 0.29) is 5.41 Å². The van der Waals surface area contributed by atoms with Crippen LogP contribution in [-0.4, -0.2) is 6.61 Å². The summed E-state index contributed by atoms with van der Waals surface area (Å²) in [5, 5.41) is 0. The van der Waals surface area contributed by atoms with Gasteiger partial charge in [0, 0.05) is 0 Å². The second-order valence-electron chi connectivity index (χ2n) is 8.12. The summed E-state index contributed by atoms with van der Waals surface area (Å²) in [4.78, 5) is 0. The standard InChI is InChI=1S/C29H32O2/c1-4-6-22-30-26-19-17-25(18-20-26)29(3,5-2)21-11-13-24-12-10-16-28(23-24)31-27-14-8-7-9-15-27/h2,7-10,12,14-20,23H,4,6,11,13,21-22H2,1,3H3. The Morgan fingerprint density at radius 2 is 1.58 bits per heavy atom. The summed E-state index contributed by atoms with van der Waals surface area (Å²) < 4.78 is 11.7. The van der Waals surface area contributed by atoms with Crippen molar-refractivity contribution in [1.82, 2.24) is 0 Å². The van der Waals surface area contributed by atoms with Crippen molar-refractivity contribution >= 4 is 0 Å². The van der Waals surface area contributed by atoms with Gasteiger partial charge < -0.3 is 9.47 Å². The zero-order chi connectivity index (χ0) is 21.9. The predicted octanol–water partition coefficient (Wildman–Crippen LogP) is 7.57. The number of aryl methyl sites for hydroxylation is 1. The smallest absolute Gasteiger partial charge is 0.127 e. The van der Waals surface area contributed by atoms with Gasteiger partial charge in [-0.1, -0.05) is 61.7 Å². The third-order valence-corrected chi connectivity index (χ3v) is 5.60. The summed E-state index contributed by atoms with van der Waals surface area (Å²) >= 11 is 0. The van der Waals surface area contributed by atoms with Crippen molar-refractivity contribution in [3.05, 3.63) is 90.0 Å². The molecule has 3 rings (SSSR count). The summed E-state index contributed by atoms with van der Waals surface area (Å²) in [5.74, 6) is 5.65. The van der Waals surface area contributed by atoms with Crippen LogP contribution in [0.25, 0.3) is 0 Å². The molecule has 0 aliphatic heterocycles. The molecule has 0 heterocycles. The molecule has 0 fully saturated rings. The zero-order valence-corrected chi connectivity index (χ0v) is 18.6. The van der Waals surface area contributed by atoms with Crippen molar-refractivity contribution in [1.29, 1.82) is 0 Å². The van der Waals surface area contributed by atoms with Gasteiger partial charge in [-0.3, -0.25) is 0 Å². The molecule has 0 aliphatic rings. The molecule has 2 heteroatoms. The van der Waals surface area contributed by atoms with Crippen LogP contribution >= 0.6 is 0 Å². The lowest BCUT2D eigenvalue weighted by molar-refractivity contribution is 0.309. The average Bonchev–Trinajstić information content (AvgIpc) is 2.80. The number of hydrogen-bond donors (Lipinski definition) is 0. The van der Waals surface area contributed by atoms with E-state index in [0.717, 1.165) is 56.0 Å². The SMILES string of the molecule is C#CC(C)(CCCc1cccc(Oc2ccccc2)c1)c1ccc(OCCCC)cc1. The minimum atomic E-state index is -0.292. The number of hydrogen-bond acceptors (Lipinski definition) is 2. The Bertz CT molecular complexity index is 970. The van der Waals surface area contributed by atoms with Gasteiger partial charge >= 0.3 is 0 Å². The van der Waals surface area contributed by atoms with E-state index >= 15 is 0 Å². The number of rotatable bonds is 11. The Kier molecular flexibility index (Phi) is 8.19. The van der Waals surface area contributed by atoms with Crippen molar-refractivity contribution in [2.24, 2.45) is 0 Å². The highest BCUT2D eigenvalue weighted by Crippen LogP contribution is 2.31. The number of para-hydroxylation sites is 1. The molecule has 0 radical (unpaired) electrons. The normalized spacial score (nSPS) is 12.5. The van der Waals surface area contributed by atoms with E-state index < -0.39 is 0 Å². The van der Waals surface area contributed by atoms with E-state index in [4.69, 9.17) is 15.9 Å². The summed E-state index contributed by atoms with van der Waals surface area (Å²) in [6.45, 7) is 5.07. The molecule has 0 N–H and O–H groups in total. The lowest BCUT2D eigenvalue weighted by Gasteiger charge is -2.24. The molecular formula is C29H32O2. The third-order valence-electron chi connectivity index (χ3n) is 5.60. The number of terminal acetylenes is 1. The second-order valence-corrected chi connectivity index (χ2v) is 8.12. The number of unbranched alkanes of at least 4 members (excludes halogenated alkanes) is 1. The highest BCUT2D eigenvalue weighted by molar-refractivity contribution is 5.38. The van der Waals surface area contributed by atoms with Crippen molar-refractivity contribution < 1.29 is 9.47 Å². The molecule has 1 atom stereocenters. The fourth-order valence-corrected chi connectivity index (χ4v) is 3.59. The van der Waals surface area contributed by atoms with Gasteiger partial charge in [-0.25, -0.2) is 0 Å². The maximum absolute atomic E-state index is 5.96. The Morgan fingerprint density at radius 3 is 2.29 bits per heavy atom. The summed E-state index contributed by atoms with van der Waals surface area (Å²) in [5.41, 5.74) is 2.13. The van der Waals surface area contributed by atoms with Crippen molar-refractivity contribution in [2.75, 3.05) is 6.61 Å². The average molecular weight is 413 g/mol. The fourth-order valence-electron chi connectivity index (χ4n) is 3.59. The van der Waals surface area contributed by atoms with E-state index in [1.54, 1.807) is 0 Å². The minimum Gasteiger partial charge on any atom is -0.494 e. The van der Waals surface area contributed by atoms with Crippen LogP contribution in [0.15, 0.2) is 78.9 Å². The molecule has 2 nitrogen and oxygen atoms in total. The Labute approximate surface area is 187 Å². The summed E-state index contributed by atoms with van der Waals surface area (Å²) in [6, 6.07) is 26.4. The Morgan fingerprint density at radius 1 is 0.839 bits per heavy atom. The largest absolute Gasteiger partial charge is 0.494 e. The van der Waals surface area contributed by atoms with Gasteiger partial charge in [0.15, 0.2) is 0 Å². The molecule has 3 aromatic rings. The van der Waals surface area contributed by atoms with Gasteiger partial charge in [0.1, 0.15) is 17.2 Å². The van der Waals surface area contributed by atoms with Crippen molar-refractivity contribution in [3.8, 4) is 29.6 Å². The molecule has 0 spiro atoms. The molecule has 0 aliphatic carbocycles. The maximum Gasteiger partial charge on any atom is 0.127 e. The monoisotopic (exact) mass is 412 g/mol. The lowest BCUT2D eigenvalue weighted by Crippen LogP contribution is -2.19. The number of benzene rings is 3. The number of ether oxygens (including phenoxy) is 2. The van der Waals surface area contributed by atoms with E-state index in [1.165, 1.54) is 11.1 Å². The van der Waals surface area contributed by atoms with Gasteiger partial charge in [0.05, 0.1) is 12.0 Å². The van der Waals surface area contributed by atoms with Gasteiger partial charge in [-0.05, 0) is 80.1 Å². The molecule has 160 valence electrons. The van der Waals surface area contributed by atoms with Crippen LogP contribution in [0.5, 0.6) is 17.2 Å². The van der Waals surface area contributed by atoms with Gasteiger partial charge in [0.25, 0.3) is 0 Å². The predicted molar refractivity (Wildman–Crippen MR) is 129 cm³/mol. The summed E-state index contributed by atoms with van der Waals surface area (Å²) in [6.07, 6.45) is 11.1. The molecule has 1 unspecified atom stereocenters. The first kappa shape index (κ1) is 22.5. The van der Waals surface area contributed by atoms with E-state index in [9.17, 15) is 0 Å². The quantitative estimate of drug-likeness (QED) is 0.239. The molecule has 0 saturated carbocycles. The second kappa shape index (κ2) is 11.3. The first-order chi connectivity index (χ1) is 15.1. The van der Waals surface area contributed by atoms with Crippen molar-refractivity contribution in [2.45, 2.75) is 51.4 Å². The van der Waals surface area contributed by atoms with Gasteiger partial charge in [-0.15, -0.1) is 6.42 Å². The van der Waals surface area contributed by atoms with Crippen LogP contribution in [0, 0.1) is 12.3 Å².